The predicted molar refractivity (Wildman–Crippen MR) is 130 cm³/mol. The molecule has 4 aromatic rings. The number of pyridine rings is 1. The number of thiophene rings is 1. The van der Waals surface area contributed by atoms with Crippen molar-refractivity contribution in [2.45, 2.75) is 10.6 Å². The number of fused-ring (bicyclic) bond motifs is 2. The third-order valence-electron chi connectivity index (χ3n) is 5.34. The van der Waals surface area contributed by atoms with Crippen LogP contribution in [0.15, 0.2) is 63.7 Å². The Morgan fingerprint density at radius 3 is 2.71 bits per heavy atom. The van der Waals surface area contributed by atoms with E-state index in [0.29, 0.717) is 5.39 Å². The molecule has 0 spiro atoms. The number of nitrogens with one attached hydrogen (secondary N) is 3. The van der Waals surface area contributed by atoms with Crippen LogP contribution in [0.3, 0.4) is 0 Å². The van der Waals surface area contributed by atoms with Crippen molar-refractivity contribution in [3.05, 3.63) is 80.8 Å². The number of hydrogen-bond donors (Lipinski definition) is 3. The molecule has 8 nitrogen and oxygen atoms in total. The van der Waals surface area contributed by atoms with Gasteiger partial charge in [0.15, 0.2) is 0 Å². The van der Waals surface area contributed by atoms with Gasteiger partial charge in [-0.15, -0.1) is 11.3 Å². The zero-order valence-corrected chi connectivity index (χ0v) is 19.7. The lowest BCUT2D eigenvalue weighted by molar-refractivity contribution is 0.256. The highest BCUT2D eigenvalue weighted by atomic mass is 35.5. The van der Waals surface area contributed by atoms with Gasteiger partial charge < -0.3 is 10.6 Å². The fourth-order valence-electron chi connectivity index (χ4n) is 3.78. The number of carbonyl (C=O) groups is 1. The average Bonchev–Trinajstić information content (AvgIpc) is 3.42. The van der Waals surface area contributed by atoms with Gasteiger partial charge in [-0.1, -0.05) is 11.6 Å². The molecule has 0 atom stereocenters. The highest BCUT2D eigenvalue weighted by Crippen LogP contribution is 2.28. The molecule has 2 aromatic carbocycles. The van der Waals surface area contributed by atoms with Crippen LogP contribution in [0.1, 0.15) is 5.56 Å². The Kier molecular flexibility index (Phi) is 5.54. The maximum absolute atomic E-state index is 14.9. The van der Waals surface area contributed by atoms with Crippen molar-refractivity contribution < 1.29 is 17.6 Å². The lowest BCUT2D eigenvalue weighted by Gasteiger charge is -2.12. The molecule has 174 valence electrons. The molecule has 12 heteroatoms. The smallest absolute Gasteiger partial charge is 0.333 e. The number of urea groups is 1. The number of aromatic nitrogens is 1. The summed E-state index contributed by atoms with van der Waals surface area (Å²) in [5.41, 5.74) is 1.67. The summed E-state index contributed by atoms with van der Waals surface area (Å²) in [6.07, 6.45) is 2.30. The van der Waals surface area contributed by atoms with Crippen molar-refractivity contribution in [2.75, 3.05) is 17.2 Å². The number of nitrogens with zero attached hydrogens (tertiary/aromatic N) is 1. The van der Waals surface area contributed by atoms with E-state index in [4.69, 9.17) is 11.6 Å². The van der Waals surface area contributed by atoms with Crippen LogP contribution >= 0.6 is 22.9 Å². The van der Waals surface area contributed by atoms with Crippen LogP contribution in [0, 0.1) is 5.82 Å². The van der Waals surface area contributed by atoms with E-state index in [9.17, 15) is 22.4 Å². The molecule has 3 N–H and O–H groups in total. The number of amides is 2. The van der Waals surface area contributed by atoms with Crippen molar-refractivity contribution in [1.82, 2.24) is 9.29 Å². The van der Waals surface area contributed by atoms with Gasteiger partial charge in [0.2, 0.25) is 0 Å². The summed E-state index contributed by atoms with van der Waals surface area (Å²) in [6.45, 7) is 0.804. The molecular weight excluding hydrogens is 503 g/mol. The van der Waals surface area contributed by atoms with Crippen molar-refractivity contribution in [2.24, 2.45) is 0 Å². The fraction of sp³-hybridized carbons (Fsp3) is 0.0909. The number of benzene rings is 2. The minimum absolute atomic E-state index is 0.00247. The van der Waals surface area contributed by atoms with E-state index in [2.05, 4.69) is 10.6 Å². The van der Waals surface area contributed by atoms with E-state index in [0.717, 1.165) is 47.0 Å². The minimum atomic E-state index is -4.12. The molecule has 2 aromatic heterocycles. The topological polar surface area (TPSA) is 109 Å². The zero-order chi connectivity index (χ0) is 24.0. The molecule has 3 heterocycles. The second kappa shape index (κ2) is 8.42. The van der Waals surface area contributed by atoms with E-state index >= 15 is 0 Å². The van der Waals surface area contributed by atoms with Gasteiger partial charge in [0.25, 0.3) is 15.6 Å². The molecule has 34 heavy (non-hydrogen) atoms. The summed E-state index contributed by atoms with van der Waals surface area (Å²) in [6, 6.07) is 10.8. The highest BCUT2D eigenvalue weighted by Gasteiger charge is 2.20. The predicted octanol–water partition coefficient (Wildman–Crippen LogP) is 4.32. The SMILES string of the molecule is O=C(Nc1ccc(-n2ccc3cc4c(cc3c2=O)CCN4)c(F)c1)NS(=O)(=O)c1ccc(Cl)s1. The fourth-order valence-corrected chi connectivity index (χ4v) is 6.17. The second-order valence-electron chi connectivity index (χ2n) is 7.55. The van der Waals surface area contributed by atoms with Gasteiger partial charge in [0.05, 0.1) is 10.0 Å². The van der Waals surface area contributed by atoms with Crippen LogP contribution < -0.4 is 20.9 Å². The van der Waals surface area contributed by atoms with Crippen LogP contribution in [0.5, 0.6) is 0 Å². The van der Waals surface area contributed by atoms with Gasteiger partial charge in [-0.05, 0) is 65.9 Å². The minimum Gasteiger partial charge on any atom is -0.384 e. The lowest BCUT2D eigenvalue weighted by atomic mass is 10.1. The molecule has 0 saturated carbocycles. The number of anilines is 2. The summed E-state index contributed by atoms with van der Waals surface area (Å²) in [5, 5.41) is 6.76. The summed E-state index contributed by atoms with van der Waals surface area (Å²) in [4.78, 5) is 25.2. The maximum atomic E-state index is 14.9. The Labute approximate surface area is 202 Å². The van der Waals surface area contributed by atoms with Gasteiger partial charge in [0, 0.05) is 29.5 Å². The molecule has 2 amide bonds. The van der Waals surface area contributed by atoms with Crippen LogP contribution in [0.4, 0.5) is 20.6 Å². The zero-order valence-electron chi connectivity index (χ0n) is 17.3. The molecule has 0 radical (unpaired) electrons. The monoisotopic (exact) mass is 518 g/mol. The Hall–Kier alpha value is -3.41. The van der Waals surface area contributed by atoms with Gasteiger partial charge in [-0.2, -0.15) is 0 Å². The average molecular weight is 519 g/mol. The Balaban J connectivity index is 1.39. The van der Waals surface area contributed by atoms with Crippen LogP contribution in [-0.2, 0) is 16.4 Å². The largest absolute Gasteiger partial charge is 0.384 e. The second-order valence-corrected chi connectivity index (χ2v) is 11.2. The highest BCUT2D eigenvalue weighted by molar-refractivity contribution is 7.92. The van der Waals surface area contributed by atoms with Gasteiger partial charge in [-0.3, -0.25) is 9.36 Å². The normalized spacial score (nSPS) is 12.9. The first-order valence-corrected chi connectivity index (χ1v) is 12.7. The van der Waals surface area contributed by atoms with Crippen molar-refractivity contribution in [3.8, 4) is 5.69 Å². The van der Waals surface area contributed by atoms with Crippen molar-refractivity contribution in [1.29, 1.82) is 0 Å². The molecule has 1 aliphatic heterocycles. The molecule has 5 rings (SSSR count). The molecule has 1 aliphatic rings. The van der Waals surface area contributed by atoms with Gasteiger partial charge >= 0.3 is 6.03 Å². The van der Waals surface area contributed by atoms with E-state index in [1.54, 1.807) is 6.07 Å². The van der Waals surface area contributed by atoms with Gasteiger partial charge in [0.1, 0.15) is 10.0 Å². The summed E-state index contributed by atoms with van der Waals surface area (Å²) < 4.78 is 42.5. The van der Waals surface area contributed by atoms with Crippen LogP contribution in [0.25, 0.3) is 16.5 Å². The first-order chi connectivity index (χ1) is 16.2. The molecule has 0 bridgehead atoms. The van der Waals surface area contributed by atoms with Crippen LogP contribution in [-0.4, -0.2) is 25.6 Å². The summed E-state index contributed by atoms with van der Waals surface area (Å²) in [5.74, 6) is -0.769. The van der Waals surface area contributed by atoms with E-state index in [1.165, 1.54) is 35.0 Å². The standard InChI is InChI=1S/C22H16ClFN4O4S2/c23-19-3-4-20(33-19)34(31,32)27-22(30)26-14-1-2-18(16(24)11-14)28-8-6-12-10-17-13(5-7-25-17)9-15(12)21(28)29/h1-4,6,8-11,25H,5,7H2,(H2,26,27,30). The first-order valence-electron chi connectivity index (χ1n) is 10.0. The Bertz CT molecular complexity index is 1630. The Morgan fingerprint density at radius 1 is 1.15 bits per heavy atom. The molecule has 0 aliphatic carbocycles. The van der Waals surface area contributed by atoms with Gasteiger partial charge in [-0.25, -0.2) is 22.3 Å². The maximum Gasteiger partial charge on any atom is 0.333 e. The Morgan fingerprint density at radius 2 is 1.97 bits per heavy atom. The van der Waals surface area contributed by atoms with E-state index < -0.39 is 21.9 Å². The van der Waals surface area contributed by atoms with E-state index in [-0.39, 0.29) is 25.5 Å². The first kappa shape index (κ1) is 22.4. The number of rotatable bonds is 4. The molecule has 0 saturated heterocycles. The third-order valence-corrected chi connectivity index (χ3v) is 8.40. The third kappa shape index (κ3) is 4.13. The number of sulfonamides is 1. The molecular formula is C22H16ClFN4O4S2. The van der Waals surface area contributed by atoms with Crippen molar-refractivity contribution >= 4 is 61.1 Å². The summed E-state index contributed by atoms with van der Waals surface area (Å²) in [7, 11) is -4.12. The molecule has 0 unspecified atom stereocenters. The number of hydrogen-bond acceptors (Lipinski definition) is 6. The number of halogens is 2. The lowest BCUT2D eigenvalue weighted by Crippen LogP contribution is -2.34. The van der Waals surface area contributed by atoms with E-state index in [1.807, 2.05) is 16.9 Å². The summed E-state index contributed by atoms with van der Waals surface area (Å²) >= 11 is 6.53. The molecule has 0 fully saturated rings. The quantitative estimate of drug-likeness (QED) is 0.373. The number of carbonyl (C=O) groups excluding carboxylic acids is 1. The van der Waals surface area contributed by atoms with Crippen molar-refractivity contribution in [3.63, 3.8) is 0 Å². The van der Waals surface area contributed by atoms with Crippen LogP contribution in [0.2, 0.25) is 4.34 Å².